The molecule has 0 amide bonds. The molecule has 0 radical (unpaired) electrons. The van der Waals surface area contributed by atoms with E-state index < -0.39 is 18.9 Å². The van der Waals surface area contributed by atoms with Crippen molar-refractivity contribution in [2.24, 2.45) is 0 Å². The first-order valence-corrected chi connectivity index (χ1v) is 5.02. The molecule has 0 aliphatic heterocycles. The second kappa shape index (κ2) is 6.15. The molecule has 1 rings (SSSR count). The van der Waals surface area contributed by atoms with Crippen LogP contribution in [0.2, 0.25) is 0 Å². The average Bonchev–Trinajstić information content (AvgIpc) is 2.28. The quantitative estimate of drug-likeness (QED) is 0.796. The third-order valence-corrected chi connectivity index (χ3v) is 2.20. The van der Waals surface area contributed by atoms with Gasteiger partial charge in [-0.1, -0.05) is 12.1 Å². The Hall–Kier alpha value is -1.69. The zero-order chi connectivity index (χ0) is 12.8. The lowest BCUT2D eigenvalue weighted by Gasteiger charge is -2.24. The lowest BCUT2D eigenvalue weighted by atomic mass is 10.1. The Balaban J connectivity index is 3.04. The van der Waals surface area contributed by atoms with E-state index in [1.165, 1.54) is 18.2 Å². The number of carboxylic acid groups (broad SMARTS) is 1. The van der Waals surface area contributed by atoms with Crippen molar-refractivity contribution in [2.45, 2.75) is 6.43 Å². The van der Waals surface area contributed by atoms with Crippen LogP contribution in [0.15, 0.2) is 24.3 Å². The summed E-state index contributed by atoms with van der Waals surface area (Å²) in [5.74, 6) is -1.18. The molecular formula is C11H13F2NO3. The van der Waals surface area contributed by atoms with E-state index in [-0.39, 0.29) is 24.4 Å². The van der Waals surface area contributed by atoms with E-state index in [4.69, 9.17) is 10.2 Å². The largest absolute Gasteiger partial charge is 0.478 e. The highest BCUT2D eigenvalue weighted by atomic mass is 19.3. The number of hydrogen-bond donors (Lipinski definition) is 2. The molecule has 0 bridgehead atoms. The predicted molar refractivity (Wildman–Crippen MR) is 58.7 cm³/mol. The molecule has 0 atom stereocenters. The van der Waals surface area contributed by atoms with Crippen molar-refractivity contribution in [1.29, 1.82) is 0 Å². The Morgan fingerprint density at radius 3 is 2.53 bits per heavy atom. The zero-order valence-corrected chi connectivity index (χ0v) is 9.01. The van der Waals surface area contributed by atoms with Crippen molar-refractivity contribution in [3.05, 3.63) is 29.8 Å². The number of carbonyl (C=O) groups is 1. The molecule has 0 aliphatic rings. The van der Waals surface area contributed by atoms with Gasteiger partial charge in [0.1, 0.15) is 0 Å². The van der Waals surface area contributed by atoms with Gasteiger partial charge in [-0.3, -0.25) is 0 Å². The van der Waals surface area contributed by atoms with Crippen LogP contribution >= 0.6 is 0 Å². The van der Waals surface area contributed by atoms with Gasteiger partial charge in [-0.25, -0.2) is 13.6 Å². The fraction of sp³-hybridized carbons (Fsp3) is 0.364. The number of rotatable bonds is 6. The Morgan fingerprint density at radius 2 is 2.00 bits per heavy atom. The first-order chi connectivity index (χ1) is 8.06. The van der Waals surface area contributed by atoms with Gasteiger partial charge in [-0.05, 0) is 12.1 Å². The highest BCUT2D eigenvalue weighted by molar-refractivity contribution is 5.94. The van der Waals surface area contributed by atoms with Crippen molar-refractivity contribution in [3.63, 3.8) is 0 Å². The topological polar surface area (TPSA) is 60.8 Å². The maximum absolute atomic E-state index is 12.4. The van der Waals surface area contributed by atoms with Crippen molar-refractivity contribution < 1.29 is 23.8 Å². The van der Waals surface area contributed by atoms with E-state index in [9.17, 15) is 13.6 Å². The van der Waals surface area contributed by atoms with Crippen LogP contribution in [-0.4, -0.2) is 42.3 Å². The van der Waals surface area contributed by atoms with Crippen LogP contribution in [0, 0.1) is 0 Å². The summed E-state index contributed by atoms with van der Waals surface area (Å²) in [6, 6.07) is 5.87. The minimum Gasteiger partial charge on any atom is -0.478 e. The molecule has 1 aromatic carbocycles. The number of aromatic carboxylic acids is 1. The molecule has 6 heteroatoms. The van der Waals surface area contributed by atoms with Gasteiger partial charge in [-0.2, -0.15) is 0 Å². The number of para-hydroxylation sites is 1. The minimum atomic E-state index is -2.59. The number of alkyl halides is 2. The van der Waals surface area contributed by atoms with Crippen LogP contribution in [-0.2, 0) is 0 Å². The number of nitrogens with zero attached hydrogens (tertiary/aromatic N) is 1. The Kier molecular flexibility index (Phi) is 4.84. The zero-order valence-electron chi connectivity index (χ0n) is 9.01. The number of anilines is 1. The van der Waals surface area contributed by atoms with E-state index in [0.717, 1.165) is 4.90 Å². The van der Waals surface area contributed by atoms with Crippen LogP contribution in [0.1, 0.15) is 10.4 Å². The second-order valence-electron chi connectivity index (χ2n) is 3.38. The number of aliphatic hydroxyl groups is 1. The Morgan fingerprint density at radius 1 is 1.35 bits per heavy atom. The third kappa shape index (κ3) is 3.67. The number of carboxylic acids is 1. The minimum absolute atomic E-state index is 0.0331. The van der Waals surface area contributed by atoms with Gasteiger partial charge < -0.3 is 15.1 Å². The number of aliphatic hydroxyl groups excluding tert-OH is 1. The van der Waals surface area contributed by atoms with E-state index in [0.29, 0.717) is 0 Å². The van der Waals surface area contributed by atoms with E-state index in [1.54, 1.807) is 6.07 Å². The number of hydrogen-bond acceptors (Lipinski definition) is 3. The molecule has 1 aromatic rings. The lowest BCUT2D eigenvalue weighted by molar-refractivity contribution is 0.0696. The standard InChI is InChI=1S/C11H13F2NO3/c12-10(13)7-14(5-6-15)9-4-2-1-3-8(9)11(16)17/h1-4,10,15H,5-7H2,(H,16,17). The number of benzene rings is 1. The van der Waals surface area contributed by atoms with Gasteiger partial charge in [0, 0.05) is 6.54 Å². The molecule has 17 heavy (non-hydrogen) atoms. The van der Waals surface area contributed by atoms with E-state index >= 15 is 0 Å². The fourth-order valence-electron chi connectivity index (χ4n) is 1.53. The monoisotopic (exact) mass is 245 g/mol. The molecule has 0 spiro atoms. The summed E-state index contributed by atoms with van der Waals surface area (Å²) in [5, 5.41) is 17.7. The third-order valence-electron chi connectivity index (χ3n) is 2.20. The van der Waals surface area contributed by atoms with Crippen molar-refractivity contribution in [2.75, 3.05) is 24.6 Å². The molecule has 2 N–H and O–H groups in total. The van der Waals surface area contributed by atoms with Crippen LogP contribution in [0.5, 0.6) is 0 Å². The summed E-state index contributed by atoms with van der Waals surface area (Å²) in [4.78, 5) is 12.1. The van der Waals surface area contributed by atoms with E-state index in [2.05, 4.69) is 0 Å². The van der Waals surface area contributed by atoms with Gasteiger partial charge in [0.2, 0.25) is 0 Å². The van der Waals surface area contributed by atoms with Crippen molar-refractivity contribution in [3.8, 4) is 0 Å². The van der Waals surface area contributed by atoms with Crippen LogP contribution in [0.3, 0.4) is 0 Å². The fourth-order valence-corrected chi connectivity index (χ4v) is 1.53. The average molecular weight is 245 g/mol. The maximum Gasteiger partial charge on any atom is 0.337 e. The SMILES string of the molecule is O=C(O)c1ccccc1N(CCO)CC(F)F. The molecule has 0 unspecified atom stereocenters. The van der Waals surface area contributed by atoms with Gasteiger partial charge >= 0.3 is 5.97 Å². The molecule has 0 saturated carbocycles. The van der Waals surface area contributed by atoms with Gasteiger partial charge in [-0.15, -0.1) is 0 Å². The first kappa shape index (κ1) is 13.4. The van der Waals surface area contributed by atoms with Crippen LogP contribution in [0.4, 0.5) is 14.5 Å². The second-order valence-corrected chi connectivity index (χ2v) is 3.38. The van der Waals surface area contributed by atoms with Crippen molar-refractivity contribution in [1.82, 2.24) is 0 Å². The molecule has 0 heterocycles. The van der Waals surface area contributed by atoms with Crippen LogP contribution < -0.4 is 4.90 Å². The molecule has 0 saturated heterocycles. The normalized spacial score (nSPS) is 10.6. The van der Waals surface area contributed by atoms with Gasteiger partial charge in [0.25, 0.3) is 6.43 Å². The Labute approximate surface area is 97.1 Å². The predicted octanol–water partition coefficient (Wildman–Crippen LogP) is 1.45. The highest BCUT2D eigenvalue weighted by Gasteiger charge is 2.18. The molecule has 4 nitrogen and oxygen atoms in total. The molecule has 0 aliphatic carbocycles. The summed E-state index contributed by atoms with van der Waals surface area (Å²) in [6.45, 7) is -0.958. The molecular weight excluding hydrogens is 232 g/mol. The van der Waals surface area contributed by atoms with E-state index in [1.807, 2.05) is 0 Å². The first-order valence-electron chi connectivity index (χ1n) is 5.02. The van der Waals surface area contributed by atoms with Crippen LogP contribution in [0.25, 0.3) is 0 Å². The number of halogens is 2. The summed E-state index contributed by atoms with van der Waals surface area (Å²) < 4.78 is 24.7. The summed E-state index contributed by atoms with van der Waals surface area (Å²) in [6.07, 6.45) is -2.59. The Bertz CT molecular complexity index is 385. The van der Waals surface area contributed by atoms with Crippen molar-refractivity contribution >= 4 is 11.7 Å². The summed E-state index contributed by atoms with van der Waals surface area (Å²) >= 11 is 0. The molecule has 0 fully saturated rings. The lowest BCUT2D eigenvalue weighted by Crippen LogP contribution is -2.32. The molecule has 0 aromatic heterocycles. The molecule has 94 valence electrons. The summed E-state index contributed by atoms with van der Waals surface area (Å²) in [7, 11) is 0. The van der Waals surface area contributed by atoms with Gasteiger partial charge in [0.05, 0.1) is 24.4 Å². The summed E-state index contributed by atoms with van der Waals surface area (Å²) in [5.41, 5.74) is 0.135. The highest BCUT2D eigenvalue weighted by Crippen LogP contribution is 2.21. The van der Waals surface area contributed by atoms with Gasteiger partial charge in [0.15, 0.2) is 0 Å². The maximum atomic E-state index is 12.4. The smallest absolute Gasteiger partial charge is 0.337 e.